The van der Waals surface area contributed by atoms with Crippen molar-refractivity contribution < 1.29 is 41.5 Å². The molecule has 2 aliphatic rings. The fourth-order valence-electron chi connectivity index (χ4n) is 5.45. The lowest BCUT2D eigenvalue weighted by molar-refractivity contribution is -0.0415. The normalized spacial score (nSPS) is 27.9. The summed E-state index contributed by atoms with van der Waals surface area (Å²) in [7, 11) is 0. The van der Waals surface area contributed by atoms with Crippen molar-refractivity contribution in [1.29, 1.82) is 0 Å². The number of rotatable bonds is 10. The number of aromatic amines is 1. The van der Waals surface area contributed by atoms with Gasteiger partial charge in [0.25, 0.3) is 5.56 Å². The molecule has 7 heterocycles. The topological polar surface area (TPSA) is 238 Å². The molecule has 24 heteroatoms. The average molecular weight is 719 g/mol. The molecule has 0 bridgehead atoms. The molecular formula is C22H25FN10O9P2S2. The number of alkyl halides is 1. The van der Waals surface area contributed by atoms with Crippen molar-refractivity contribution in [3.05, 3.63) is 41.7 Å². The summed E-state index contributed by atoms with van der Waals surface area (Å²) in [6.07, 6.45) is 0.568. The van der Waals surface area contributed by atoms with Gasteiger partial charge in [0, 0.05) is 25.2 Å². The number of nitrogen functional groups attached to an aromatic ring is 1. The van der Waals surface area contributed by atoms with Crippen LogP contribution in [0.3, 0.4) is 0 Å². The Morgan fingerprint density at radius 2 is 1.74 bits per heavy atom. The Balaban J connectivity index is 1.05. The van der Waals surface area contributed by atoms with Crippen molar-refractivity contribution in [3.63, 3.8) is 0 Å². The fraction of sp³-hybridized carbons (Fsp3) is 0.455. The molecule has 2 saturated heterocycles. The number of nitrogens with two attached hydrogens (primary N) is 1. The number of aromatic nitrogens is 9. The second-order valence-corrected chi connectivity index (χ2v) is 16.1. The predicted octanol–water partition coefficient (Wildman–Crippen LogP) is 2.19. The van der Waals surface area contributed by atoms with Crippen molar-refractivity contribution in [2.24, 2.45) is 0 Å². The van der Waals surface area contributed by atoms with E-state index in [9.17, 15) is 18.8 Å². The van der Waals surface area contributed by atoms with Gasteiger partial charge in [-0.1, -0.05) is 24.5 Å². The number of fused-ring (bicyclic) bond motifs is 4. The third-order valence-electron chi connectivity index (χ3n) is 7.50. The molecule has 0 spiro atoms. The lowest BCUT2D eigenvalue weighted by atomic mass is 10.2. The average Bonchev–Trinajstić information content (AvgIpc) is 3.80. The highest BCUT2D eigenvalue weighted by Crippen LogP contribution is 2.57. The molecule has 0 aliphatic carbocycles. The molecule has 2 unspecified atom stereocenters. The minimum atomic E-state index is -4.22. The molecular weight excluding hydrogens is 693 g/mol. The molecule has 46 heavy (non-hydrogen) atoms. The van der Waals surface area contributed by atoms with Gasteiger partial charge in [-0.2, -0.15) is 0 Å². The van der Waals surface area contributed by atoms with E-state index in [0.717, 1.165) is 0 Å². The summed E-state index contributed by atoms with van der Waals surface area (Å²) in [5.74, 6) is 0.421. The third-order valence-corrected chi connectivity index (χ3v) is 9.98. The minimum Gasteiger partial charge on any atom is -0.382 e. The summed E-state index contributed by atoms with van der Waals surface area (Å²) in [5.41, 5.74) is 6.55. The van der Waals surface area contributed by atoms with E-state index in [0.29, 0.717) is 16.8 Å². The van der Waals surface area contributed by atoms with Gasteiger partial charge in [0.1, 0.15) is 48.8 Å². The third kappa shape index (κ3) is 6.10. The van der Waals surface area contributed by atoms with Crippen LogP contribution >= 0.6 is 38.1 Å². The van der Waals surface area contributed by atoms with Gasteiger partial charge in [0.15, 0.2) is 22.6 Å². The van der Waals surface area contributed by atoms with Crippen molar-refractivity contribution in [2.75, 3.05) is 18.9 Å². The number of imidazole rings is 3. The molecule has 8 atom stereocenters. The standard InChI is InChI=1S/C22H25FN10O9P2S2/c23-10-3-14(33-9-29-17-20(34)30-22-25-1-2-31(22)21(17)33)40-12(10)5-39-44(37,46)42-11-4-15(41-13(11)6-38-43(35,36)45)32-8-28-16-18(24)26-7-27-19(16)32/h1-2,7-15H,3-6H2,(H,37,46)(H2,24,26,27)(H,25,30,34)(H2,35,36,45)/t10-,11-,12+,13+,14+,15+,44?/m0/s1. The zero-order chi connectivity index (χ0) is 32.4. The van der Waals surface area contributed by atoms with Crippen molar-refractivity contribution in [3.8, 4) is 0 Å². The highest BCUT2D eigenvalue weighted by molar-refractivity contribution is 8.44. The van der Waals surface area contributed by atoms with Crippen molar-refractivity contribution >= 4 is 72.0 Å². The van der Waals surface area contributed by atoms with E-state index in [-0.39, 0.29) is 30.0 Å². The first-order valence-electron chi connectivity index (χ1n) is 13.5. The van der Waals surface area contributed by atoms with Crippen LogP contribution in [0.15, 0.2) is 36.2 Å². The number of nitrogens with one attached hydrogen (secondary N) is 1. The molecule has 5 aromatic rings. The molecule has 0 saturated carbocycles. The van der Waals surface area contributed by atoms with Crippen molar-refractivity contribution in [1.82, 2.24) is 43.4 Å². The van der Waals surface area contributed by atoms with Crippen LogP contribution in [0.5, 0.6) is 0 Å². The summed E-state index contributed by atoms with van der Waals surface area (Å²) < 4.78 is 72.9. The van der Waals surface area contributed by atoms with Crippen LogP contribution in [0.25, 0.3) is 28.1 Å². The summed E-state index contributed by atoms with van der Waals surface area (Å²) in [6, 6.07) is 0. The van der Waals surface area contributed by atoms with Crippen LogP contribution in [0.2, 0.25) is 0 Å². The second-order valence-electron chi connectivity index (χ2n) is 10.4. The zero-order valence-corrected chi connectivity index (χ0v) is 26.8. The van der Waals surface area contributed by atoms with E-state index in [1.165, 1.54) is 29.7 Å². The van der Waals surface area contributed by atoms with Crippen LogP contribution in [0.4, 0.5) is 10.2 Å². The van der Waals surface area contributed by atoms with Crippen LogP contribution in [0, 0.1) is 0 Å². The van der Waals surface area contributed by atoms with Gasteiger partial charge in [-0.05, 0) is 0 Å². The summed E-state index contributed by atoms with van der Waals surface area (Å²) in [6.45, 7) is -9.41. The molecule has 19 nitrogen and oxygen atoms in total. The maximum atomic E-state index is 15.2. The Labute approximate surface area is 267 Å². The van der Waals surface area contributed by atoms with E-state index >= 15 is 4.39 Å². The summed E-state index contributed by atoms with van der Waals surface area (Å²) >= 11 is 7.60. The molecule has 0 aromatic carbocycles. The lowest BCUT2D eigenvalue weighted by Crippen LogP contribution is -2.28. The first kappa shape index (κ1) is 31.7. The maximum absolute atomic E-state index is 15.2. The molecule has 246 valence electrons. The van der Waals surface area contributed by atoms with Gasteiger partial charge < -0.3 is 20.1 Å². The molecule has 2 fully saturated rings. The van der Waals surface area contributed by atoms with Gasteiger partial charge in [-0.3, -0.25) is 36.9 Å². The SMILES string of the molecule is Nc1ncnc2c1ncn2[C@H]1C[C@H](OP(=O)(S)OC[C@H]2O[C@@H](n3cnc4c(=O)[nH]c5nccn5c43)C[C@@H]2F)[C@@H](COP(=O)(O)S)O1. The van der Waals surface area contributed by atoms with Crippen LogP contribution in [-0.4, -0.2) is 86.0 Å². The number of H-pyrrole nitrogens is 1. The van der Waals surface area contributed by atoms with Gasteiger partial charge >= 0.3 is 13.6 Å². The van der Waals surface area contributed by atoms with E-state index in [1.807, 2.05) is 0 Å². The Hall–Kier alpha value is -2.91. The summed E-state index contributed by atoms with van der Waals surface area (Å²) in [5, 5.41) is 0. The number of anilines is 1. The number of ether oxygens (including phenoxy) is 2. The largest absolute Gasteiger partial charge is 0.386 e. The van der Waals surface area contributed by atoms with Crippen LogP contribution in [0.1, 0.15) is 25.3 Å². The van der Waals surface area contributed by atoms with Gasteiger partial charge in [-0.25, -0.2) is 38.4 Å². The molecule has 2 aliphatic heterocycles. The second kappa shape index (κ2) is 12.0. The number of halogens is 1. The van der Waals surface area contributed by atoms with Crippen LogP contribution in [-0.2, 0) is 32.2 Å². The van der Waals surface area contributed by atoms with Crippen LogP contribution < -0.4 is 11.3 Å². The Bertz CT molecular complexity index is 2090. The molecule has 0 radical (unpaired) electrons. The molecule has 0 amide bonds. The van der Waals surface area contributed by atoms with Gasteiger partial charge in [0.2, 0.25) is 5.78 Å². The Morgan fingerprint density at radius 1 is 1.02 bits per heavy atom. The fourth-order valence-corrected chi connectivity index (χ4v) is 7.52. The lowest BCUT2D eigenvalue weighted by Gasteiger charge is -2.23. The number of hydrogen-bond acceptors (Lipinski definition) is 14. The highest BCUT2D eigenvalue weighted by atomic mass is 32.7. The minimum absolute atomic E-state index is 0.0307. The monoisotopic (exact) mass is 718 g/mol. The molecule has 5 aromatic heterocycles. The number of thiol groups is 2. The Morgan fingerprint density at radius 3 is 2.54 bits per heavy atom. The first-order chi connectivity index (χ1) is 21.9. The van der Waals surface area contributed by atoms with Gasteiger partial charge in [-0.15, -0.1) is 0 Å². The molecule has 7 rings (SSSR count). The van der Waals surface area contributed by atoms with Crippen molar-refractivity contribution in [2.45, 2.75) is 49.8 Å². The summed E-state index contributed by atoms with van der Waals surface area (Å²) in [4.78, 5) is 45.1. The maximum Gasteiger partial charge on any atom is 0.386 e. The predicted molar refractivity (Wildman–Crippen MR) is 163 cm³/mol. The van der Waals surface area contributed by atoms with Gasteiger partial charge in [0.05, 0.1) is 25.9 Å². The first-order valence-corrected chi connectivity index (χ1v) is 18.9. The van der Waals surface area contributed by atoms with E-state index in [4.69, 9.17) is 28.8 Å². The Kier molecular flexibility index (Phi) is 8.23. The van der Waals surface area contributed by atoms with E-state index in [2.05, 4.69) is 54.4 Å². The quantitative estimate of drug-likeness (QED) is 0.103. The van der Waals surface area contributed by atoms with E-state index < -0.39 is 69.3 Å². The smallest absolute Gasteiger partial charge is 0.382 e. The zero-order valence-electron chi connectivity index (χ0n) is 23.2. The number of hydrogen-bond donors (Lipinski definition) is 5. The van der Waals surface area contributed by atoms with E-state index in [1.54, 1.807) is 15.2 Å². The number of nitrogens with zero attached hydrogens (tertiary/aromatic N) is 8. The molecule has 4 N–H and O–H groups in total. The highest BCUT2D eigenvalue weighted by Gasteiger charge is 2.44.